The zero-order valence-corrected chi connectivity index (χ0v) is 29.6. The van der Waals surface area contributed by atoms with E-state index in [1.54, 1.807) is 0 Å². The van der Waals surface area contributed by atoms with Gasteiger partial charge in [-0.2, -0.15) is 0 Å². The lowest BCUT2D eigenvalue weighted by Gasteiger charge is -2.28. The molecule has 2 nitrogen and oxygen atoms in total. The molecule has 1 aromatic heterocycles. The smallest absolute Gasteiger partial charge is 0.143 e. The molecule has 0 fully saturated rings. The summed E-state index contributed by atoms with van der Waals surface area (Å²) in [5, 5.41) is 4.54. The average molecular weight is 690 g/mol. The first kappa shape index (κ1) is 31.6. The molecule has 0 aliphatic rings. The molecular weight excluding hydrogens is 655 g/mol. The highest BCUT2D eigenvalue weighted by atomic mass is 16.3. The van der Waals surface area contributed by atoms with Gasteiger partial charge in [-0.3, -0.25) is 0 Å². The molecule has 2 heteroatoms. The lowest BCUT2D eigenvalue weighted by atomic mass is 9.97. The summed E-state index contributed by atoms with van der Waals surface area (Å²) in [6.07, 6.45) is 0. The number of rotatable bonds is 7. The summed E-state index contributed by atoms with van der Waals surface area (Å²) < 4.78 is 6.49. The van der Waals surface area contributed by atoms with E-state index < -0.39 is 0 Å². The van der Waals surface area contributed by atoms with E-state index in [-0.39, 0.29) is 0 Å². The third-order valence-corrected chi connectivity index (χ3v) is 10.5. The first-order valence-electron chi connectivity index (χ1n) is 18.4. The molecule has 0 N–H and O–H groups in total. The van der Waals surface area contributed by atoms with Crippen molar-refractivity contribution in [1.29, 1.82) is 0 Å². The average Bonchev–Trinajstić information content (AvgIpc) is 3.64. The maximum absolute atomic E-state index is 6.49. The molecule has 0 amide bonds. The molecule has 0 saturated carbocycles. The number of hydrogen-bond acceptors (Lipinski definition) is 2. The molecule has 0 spiro atoms. The standard InChI is InChI=1S/C52H35NO/c1-3-12-36(13-4-1)38-24-29-44(30-25-38)53(45-31-26-39(27-32-45)42-17-11-16-41(34-42)37-14-5-2-6-15-37)50-20-9-7-18-46(50)43-23-22-40-28-33-48-47-19-8-10-21-51(47)54-52(48)49(40)35-43/h1-35H. The number of anilines is 3. The Labute approximate surface area is 314 Å². The second kappa shape index (κ2) is 13.4. The quantitative estimate of drug-likeness (QED) is 0.166. The largest absolute Gasteiger partial charge is 0.455 e. The highest BCUT2D eigenvalue weighted by Gasteiger charge is 2.19. The Morgan fingerprint density at radius 3 is 1.54 bits per heavy atom. The van der Waals surface area contributed by atoms with Crippen LogP contribution in [0.5, 0.6) is 0 Å². The maximum atomic E-state index is 6.49. The zero-order chi connectivity index (χ0) is 35.8. The number of furan rings is 1. The van der Waals surface area contributed by atoms with E-state index in [1.807, 2.05) is 12.1 Å². The van der Waals surface area contributed by atoms with Crippen LogP contribution in [0.25, 0.3) is 77.2 Å². The van der Waals surface area contributed by atoms with E-state index in [2.05, 4.69) is 205 Å². The lowest BCUT2D eigenvalue weighted by molar-refractivity contribution is 0.672. The van der Waals surface area contributed by atoms with Crippen molar-refractivity contribution in [3.63, 3.8) is 0 Å². The Kier molecular flexibility index (Phi) is 7.85. The Hall–Kier alpha value is -7.16. The van der Waals surface area contributed by atoms with Gasteiger partial charge in [0.1, 0.15) is 11.2 Å². The van der Waals surface area contributed by atoms with Crippen molar-refractivity contribution in [2.45, 2.75) is 0 Å². The Morgan fingerprint density at radius 2 is 0.833 bits per heavy atom. The Balaban J connectivity index is 1.10. The third-order valence-electron chi connectivity index (χ3n) is 10.5. The predicted molar refractivity (Wildman–Crippen MR) is 228 cm³/mol. The lowest BCUT2D eigenvalue weighted by Crippen LogP contribution is -2.11. The highest BCUT2D eigenvalue weighted by molar-refractivity contribution is 6.15. The molecule has 0 aliphatic heterocycles. The number of hydrogen-bond donors (Lipinski definition) is 0. The summed E-state index contributed by atoms with van der Waals surface area (Å²) in [5.41, 5.74) is 14.5. The second-order valence-corrected chi connectivity index (χ2v) is 13.7. The third kappa shape index (κ3) is 5.71. The van der Waals surface area contributed by atoms with Crippen LogP contribution in [0.1, 0.15) is 0 Å². The highest BCUT2D eigenvalue weighted by Crippen LogP contribution is 2.43. The predicted octanol–water partition coefficient (Wildman–Crippen LogP) is 14.9. The van der Waals surface area contributed by atoms with Crippen LogP contribution in [0.4, 0.5) is 17.1 Å². The van der Waals surface area contributed by atoms with E-state index in [4.69, 9.17) is 4.42 Å². The molecule has 10 rings (SSSR count). The summed E-state index contributed by atoms with van der Waals surface area (Å²) >= 11 is 0. The molecule has 254 valence electrons. The molecule has 0 unspecified atom stereocenters. The molecule has 54 heavy (non-hydrogen) atoms. The van der Waals surface area contributed by atoms with Gasteiger partial charge in [-0.15, -0.1) is 0 Å². The summed E-state index contributed by atoms with van der Waals surface area (Å²) in [7, 11) is 0. The zero-order valence-electron chi connectivity index (χ0n) is 29.6. The van der Waals surface area contributed by atoms with E-state index in [1.165, 1.54) is 33.4 Å². The van der Waals surface area contributed by atoms with Gasteiger partial charge in [-0.1, -0.05) is 158 Å². The van der Waals surface area contributed by atoms with Crippen molar-refractivity contribution >= 4 is 49.8 Å². The number of nitrogens with zero attached hydrogens (tertiary/aromatic N) is 1. The SMILES string of the molecule is c1ccc(-c2ccc(N(c3ccc(-c4cccc(-c5ccccc5)c4)cc3)c3ccccc3-c3ccc4ccc5c6ccccc6oc5c4c3)cc2)cc1. The minimum atomic E-state index is 0.908. The Morgan fingerprint density at radius 1 is 0.315 bits per heavy atom. The molecule has 0 bridgehead atoms. The molecule has 1 heterocycles. The molecule has 10 aromatic rings. The van der Waals surface area contributed by atoms with E-state index >= 15 is 0 Å². The molecule has 0 atom stereocenters. The number of benzene rings is 9. The molecule has 0 aliphatic carbocycles. The normalized spacial score (nSPS) is 11.3. The van der Waals surface area contributed by atoms with Crippen molar-refractivity contribution in [2.24, 2.45) is 0 Å². The van der Waals surface area contributed by atoms with Gasteiger partial charge in [0.2, 0.25) is 0 Å². The van der Waals surface area contributed by atoms with Crippen molar-refractivity contribution in [2.75, 3.05) is 4.90 Å². The fourth-order valence-electron chi connectivity index (χ4n) is 7.76. The van der Waals surface area contributed by atoms with Crippen LogP contribution >= 0.6 is 0 Å². The fourth-order valence-corrected chi connectivity index (χ4v) is 7.76. The van der Waals surface area contributed by atoms with Gasteiger partial charge < -0.3 is 9.32 Å². The minimum absolute atomic E-state index is 0.908. The molecular formula is C52H35NO. The van der Waals surface area contributed by atoms with E-state index in [0.717, 1.165) is 60.9 Å². The number of para-hydroxylation sites is 2. The topological polar surface area (TPSA) is 16.4 Å². The van der Waals surface area contributed by atoms with Crippen LogP contribution < -0.4 is 4.90 Å². The summed E-state index contributed by atoms with van der Waals surface area (Å²) in [6.45, 7) is 0. The van der Waals surface area contributed by atoms with Gasteiger partial charge in [-0.05, 0) is 98.9 Å². The van der Waals surface area contributed by atoms with Crippen LogP contribution in [-0.2, 0) is 0 Å². The summed E-state index contributed by atoms with van der Waals surface area (Å²) in [4.78, 5) is 2.38. The van der Waals surface area contributed by atoms with Crippen LogP contribution in [0, 0.1) is 0 Å². The summed E-state index contributed by atoms with van der Waals surface area (Å²) in [6, 6.07) is 75.9. The van der Waals surface area contributed by atoms with Gasteiger partial charge in [-0.25, -0.2) is 0 Å². The van der Waals surface area contributed by atoms with Crippen molar-refractivity contribution in [3.8, 4) is 44.5 Å². The van der Waals surface area contributed by atoms with Crippen molar-refractivity contribution in [3.05, 3.63) is 212 Å². The Bertz CT molecular complexity index is 2910. The van der Waals surface area contributed by atoms with Crippen LogP contribution in [-0.4, -0.2) is 0 Å². The molecule has 0 radical (unpaired) electrons. The van der Waals surface area contributed by atoms with E-state index in [0.29, 0.717) is 0 Å². The number of fused-ring (bicyclic) bond motifs is 5. The summed E-state index contributed by atoms with van der Waals surface area (Å²) in [5.74, 6) is 0. The first-order chi connectivity index (χ1) is 26.8. The van der Waals surface area contributed by atoms with Crippen LogP contribution in [0.3, 0.4) is 0 Å². The minimum Gasteiger partial charge on any atom is -0.455 e. The van der Waals surface area contributed by atoms with Crippen molar-refractivity contribution < 1.29 is 4.42 Å². The second-order valence-electron chi connectivity index (χ2n) is 13.7. The fraction of sp³-hybridized carbons (Fsp3) is 0. The van der Waals surface area contributed by atoms with Crippen LogP contribution in [0.2, 0.25) is 0 Å². The van der Waals surface area contributed by atoms with Gasteiger partial charge >= 0.3 is 0 Å². The first-order valence-corrected chi connectivity index (χ1v) is 18.4. The monoisotopic (exact) mass is 689 g/mol. The molecule has 9 aromatic carbocycles. The van der Waals surface area contributed by atoms with Gasteiger partial charge in [0.25, 0.3) is 0 Å². The van der Waals surface area contributed by atoms with Crippen molar-refractivity contribution in [1.82, 2.24) is 0 Å². The van der Waals surface area contributed by atoms with E-state index in [9.17, 15) is 0 Å². The maximum Gasteiger partial charge on any atom is 0.143 e. The van der Waals surface area contributed by atoms with Gasteiger partial charge in [0.15, 0.2) is 0 Å². The van der Waals surface area contributed by atoms with Crippen LogP contribution in [0.15, 0.2) is 217 Å². The van der Waals surface area contributed by atoms with Gasteiger partial charge in [0.05, 0.1) is 5.69 Å². The molecule has 0 saturated heterocycles. The van der Waals surface area contributed by atoms with Gasteiger partial charge in [0, 0.05) is 33.1 Å².